The summed E-state index contributed by atoms with van der Waals surface area (Å²) in [6, 6.07) is 10.5. The van der Waals surface area contributed by atoms with Gasteiger partial charge in [0, 0.05) is 23.6 Å². The minimum atomic E-state index is -0.261. The van der Waals surface area contributed by atoms with Gasteiger partial charge >= 0.3 is 0 Å². The van der Waals surface area contributed by atoms with Gasteiger partial charge in [0.1, 0.15) is 6.54 Å². The van der Waals surface area contributed by atoms with Crippen LogP contribution in [0.25, 0.3) is 0 Å². The number of carbonyl (C=O) groups is 1. The molecule has 5 heteroatoms. The van der Waals surface area contributed by atoms with Crippen LogP contribution >= 0.6 is 0 Å². The third-order valence-corrected chi connectivity index (χ3v) is 3.16. The van der Waals surface area contributed by atoms with Crippen molar-refractivity contribution in [3.05, 3.63) is 58.5 Å². The predicted molar refractivity (Wildman–Crippen MR) is 84.3 cm³/mol. The summed E-state index contributed by atoms with van der Waals surface area (Å²) in [5.74, 6) is 0.127. The van der Waals surface area contributed by atoms with Crippen LogP contribution in [0.4, 0.5) is 11.4 Å². The lowest BCUT2D eigenvalue weighted by molar-refractivity contribution is -0.116. The average molecular weight is 285 g/mol. The molecule has 0 aliphatic carbocycles. The Morgan fingerprint density at radius 3 is 2.76 bits per heavy atom. The first-order chi connectivity index (χ1) is 9.95. The standard InChI is InChI=1S/C16H19N3O2/c1-11(2)12-4-3-5-14(8-12)18-15(20)10-19-9-13(17)6-7-16(19)21/h3-9,11H,10,17H2,1-2H3,(H,18,20). The molecule has 1 aromatic carbocycles. The van der Waals surface area contributed by atoms with E-state index in [0.29, 0.717) is 11.6 Å². The molecule has 1 amide bonds. The quantitative estimate of drug-likeness (QED) is 0.904. The second kappa shape index (κ2) is 6.26. The Balaban J connectivity index is 2.10. The lowest BCUT2D eigenvalue weighted by Crippen LogP contribution is -2.27. The number of aromatic nitrogens is 1. The summed E-state index contributed by atoms with van der Waals surface area (Å²) in [4.78, 5) is 23.6. The zero-order chi connectivity index (χ0) is 15.4. The number of nitrogen functional groups attached to an aromatic ring is 1. The van der Waals surface area contributed by atoms with Gasteiger partial charge in [-0.1, -0.05) is 26.0 Å². The van der Waals surface area contributed by atoms with Gasteiger partial charge in [0.25, 0.3) is 5.56 Å². The van der Waals surface area contributed by atoms with Crippen LogP contribution in [0.3, 0.4) is 0 Å². The molecule has 0 radical (unpaired) electrons. The molecule has 2 rings (SSSR count). The second-order valence-corrected chi connectivity index (χ2v) is 5.26. The highest BCUT2D eigenvalue weighted by Crippen LogP contribution is 2.18. The van der Waals surface area contributed by atoms with Crippen molar-refractivity contribution in [1.82, 2.24) is 4.57 Å². The summed E-state index contributed by atoms with van der Waals surface area (Å²) in [5.41, 5.74) is 7.68. The molecule has 21 heavy (non-hydrogen) atoms. The number of anilines is 2. The topological polar surface area (TPSA) is 77.1 Å². The molecule has 0 bridgehead atoms. The van der Waals surface area contributed by atoms with E-state index in [-0.39, 0.29) is 18.0 Å². The fourth-order valence-electron chi connectivity index (χ4n) is 2.00. The zero-order valence-corrected chi connectivity index (χ0v) is 12.2. The Hall–Kier alpha value is -2.56. The van der Waals surface area contributed by atoms with Crippen molar-refractivity contribution in [1.29, 1.82) is 0 Å². The van der Waals surface area contributed by atoms with E-state index in [1.165, 1.54) is 22.9 Å². The number of nitrogens with zero attached hydrogens (tertiary/aromatic N) is 1. The molecule has 0 unspecified atom stereocenters. The second-order valence-electron chi connectivity index (χ2n) is 5.26. The number of pyridine rings is 1. The molecule has 0 atom stereocenters. The van der Waals surface area contributed by atoms with Gasteiger partial charge in [0.05, 0.1) is 0 Å². The van der Waals surface area contributed by atoms with E-state index in [1.54, 1.807) is 0 Å². The molecule has 3 N–H and O–H groups in total. The van der Waals surface area contributed by atoms with Gasteiger partial charge < -0.3 is 15.6 Å². The van der Waals surface area contributed by atoms with Crippen molar-refractivity contribution < 1.29 is 4.79 Å². The van der Waals surface area contributed by atoms with Crippen LogP contribution in [0.1, 0.15) is 25.3 Å². The first-order valence-electron chi connectivity index (χ1n) is 6.81. The average Bonchev–Trinajstić information content (AvgIpc) is 2.43. The van der Waals surface area contributed by atoms with Gasteiger partial charge in [-0.15, -0.1) is 0 Å². The van der Waals surface area contributed by atoms with E-state index in [0.717, 1.165) is 11.3 Å². The molecule has 5 nitrogen and oxygen atoms in total. The van der Waals surface area contributed by atoms with Gasteiger partial charge in [0.15, 0.2) is 0 Å². The molecular weight excluding hydrogens is 266 g/mol. The van der Waals surface area contributed by atoms with Crippen LogP contribution in [0.2, 0.25) is 0 Å². The summed E-state index contributed by atoms with van der Waals surface area (Å²) >= 11 is 0. The minimum Gasteiger partial charge on any atom is -0.398 e. The van der Waals surface area contributed by atoms with Crippen LogP contribution in [-0.2, 0) is 11.3 Å². The van der Waals surface area contributed by atoms with E-state index in [2.05, 4.69) is 19.2 Å². The number of carbonyl (C=O) groups excluding carboxylic acids is 1. The number of rotatable bonds is 4. The summed E-state index contributed by atoms with van der Waals surface area (Å²) in [6.45, 7) is 4.12. The molecule has 0 spiro atoms. The molecule has 0 aliphatic rings. The Labute approximate surface area is 123 Å². The van der Waals surface area contributed by atoms with E-state index in [9.17, 15) is 9.59 Å². The molecule has 2 aromatic rings. The van der Waals surface area contributed by atoms with Crippen LogP contribution in [0.5, 0.6) is 0 Å². The maximum absolute atomic E-state index is 12.0. The van der Waals surface area contributed by atoms with Crippen LogP contribution in [-0.4, -0.2) is 10.5 Å². The largest absolute Gasteiger partial charge is 0.398 e. The van der Waals surface area contributed by atoms with E-state index < -0.39 is 0 Å². The van der Waals surface area contributed by atoms with Gasteiger partial charge in [-0.25, -0.2) is 0 Å². The monoisotopic (exact) mass is 285 g/mol. The third kappa shape index (κ3) is 3.95. The van der Waals surface area contributed by atoms with Gasteiger partial charge in [-0.2, -0.15) is 0 Å². The van der Waals surface area contributed by atoms with E-state index in [1.807, 2.05) is 24.3 Å². The maximum Gasteiger partial charge on any atom is 0.251 e. The molecular formula is C16H19N3O2. The molecule has 0 fully saturated rings. The number of hydrogen-bond donors (Lipinski definition) is 2. The Bertz CT molecular complexity index is 705. The number of benzene rings is 1. The minimum absolute atomic E-state index is 0.0597. The van der Waals surface area contributed by atoms with Crippen LogP contribution in [0, 0.1) is 0 Å². The molecule has 1 aromatic heterocycles. The van der Waals surface area contributed by atoms with Crippen LogP contribution < -0.4 is 16.6 Å². The van der Waals surface area contributed by atoms with Gasteiger partial charge in [0.2, 0.25) is 5.91 Å². The Morgan fingerprint density at radius 2 is 2.05 bits per heavy atom. The lowest BCUT2D eigenvalue weighted by Gasteiger charge is -2.10. The summed E-state index contributed by atoms with van der Waals surface area (Å²) in [7, 11) is 0. The first-order valence-corrected chi connectivity index (χ1v) is 6.81. The van der Waals surface area contributed by atoms with Crippen molar-refractivity contribution in [2.75, 3.05) is 11.1 Å². The normalized spacial score (nSPS) is 10.6. The van der Waals surface area contributed by atoms with Crippen LogP contribution in [0.15, 0.2) is 47.4 Å². The fourth-order valence-corrected chi connectivity index (χ4v) is 2.00. The number of amides is 1. The van der Waals surface area contributed by atoms with Crippen molar-refractivity contribution in [2.24, 2.45) is 0 Å². The van der Waals surface area contributed by atoms with Gasteiger partial charge in [-0.05, 0) is 29.7 Å². The SMILES string of the molecule is CC(C)c1cccc(NC(=O)Cn2cc(N)ccc2=O)c1. The van der Waals surface area contributed by atoms with E-state index in [4.69, 9.17) is 5.73 Å². The Kier molecular flexibility index (Phi) is 4.42. The highest BCUT2D eigenvalue weighted by Gasteiger charge is 2.07. The summed E-state index contributed by atoms with van der Waals surface area (Å²) in [5, 5.41) is 2.79. The summed E-state index contributed by atoms with van der Waals surface area (Å²) in [6.07, 6.45) is 1.46. The highest BCUT2D eigenvalue weighted by molar-refractivity contribution is 5.90. The number of nitrogens with two attached hydrogens (primary N) is 1. The van der Waals surface area contributed by atoms with E-state index >= 15 is 0 Å². The third-order valence-electron chi connectivity index (χ3n) is 3.16. The van der Waals surface area contributed by atoms with Crippen molar-refractivity contribution in [3.8, 4) is 0 Å². The molecule has 0 saturated heterocycles. The summed E-state index contributed by atoms with van der Waals surface area (Å²) < 4.78 is 1.29. The first kappa shape index (κ1) is 14.8. The molecule has 0 saturated carbocycles. The highest BCUT2D eigenvalue weighted by atomic mass is 16.2. The Morgan fingerprint density at radius 1 is 1.29 bits per heavy atom. The molecule has 0 aliphatic heterocycles. The molecule has 110 valence electrons. The van der Waals surface area contributed by atoms with Crippen molar-refractivity contribution in [3.63, 3.8) is 0 Å². The van der Waals surface area contributed by atoms with Crippen molar-refractivity contribution >= 4 is 17.3 Å². The number of hydrogen-bond acceptors (Lipinski definition) is 3. The number of nitrogens with one attached hydrogen (secondary N) is 1. The lowest BCUT2D eigenvalue weighted by atomic mass is 10.0. The smallest absolute Gasteiger partial charge is 0.251 e. The van der Waals surface area contributed by atoms with Gasteiger partial charge in [-0.3, -0.25) is 9.59 Å². The fraction of sp³-hybridized carbons (Fsp3) is 0.250. The zero-order valence-electron chi connectivity index (χ0n) is 12.2. The maximum atomic E-state index is 12.0. The van der Waals surface area contributed by atoms with Crippen molar-refractivity contribution in [2.45, 2.75) is 26.3 Å². The predicted octanol–water partition coefficient (Wildman–Crippen LogP) is 2.19. The molecule has 1 heterocycles.